The molecular weight excluding hydrogens is 340 g/mol. The number of hydrogen-bond acceptors (Lipinski definition) is 6. The van der Waals surface area contributed by atoms with Crippen LogP contribution in [-0.2, 0) is 23.0 Å². The van der Waals surface area contributed by atoms with E-state index in [1.54, 1.807) is 21.1 Å². The predicted octanol–water partition coefficient (Wildman–Crippen LogP) is 2.34. The van der Waals surface area contributed by atoms with Crippen LogP contribution >= 0.6 is 11.8 Å². The molecule has 6 nitrogen and oxygen atoms in total. The molecule has 0 spiro atoms. The van der Waals surface area contributed by atoms with Crippen LogP contribution in [-0.4, -0.2) is 35.0 Å². The van der Waals surface area contributed by atoms with Gasteiger partial charge in [0.1, 0.15) is 11.0 Å². The molecule has 0 bridgehead atoms. The van der Waals surface area contributed by atoms with E-state index in [9.17, 15) is 9.59 Å². The van der Waals surface area contributed by atoms with Crippen molar-refractivity contribution < 1.29 is 14.3 Å². The summed E-state index contributed by atoms with van der Waals surface area (Å²) in [5, 5.41) is 0.0637. The number of esters is 1. The van der Waals surface area contributed by atoms with E-state index < -0.39 is 5.25 Å². The van der Waals surface area contributed by atoms with Gasteiger partial charge in [-0.25, -0.2) is 4.98 Å². The van der Waals surface area contributed by atoms with Crippen LogP contribution in [0, 0.1) is 6.92 Å². The van der Waals surface area contributed by atoms with Gasteiger partial charge in [-0.3, -0.25) is 14.2 Å². The normalized spacial score (nSPS) is 11.9. The van der Waals surface area contributed by atoms with Crippen LogP contribution in [0.15, 0.2) is 34.2 Å². The molecule has 134 valence electrons. The Hall–Kier alpha value is -2.28. The molecule has 7 heteroatoms. The fourth-order valence-electron chi connectivity index (χ4n) is 2.36. The summed E-state index contributed by atoms with van der Waals surface area (Å²) in [6, 6.07) is 7.59. The molecule has 0 saturated heterocycles. The first-order chi connectivity index (χ1) is 11.9. The minimum atomic E-state index is -0.435. The number of methoxy groups -OCH3 is 2. The van der Waals surface area contributed by atoms with Crippen molar-refractivity contribution in [2.45, 2.75) is 30.7 Å². The highest BCUT2D eigenvalue weighted by molar-refractivity contribution is 8.00. The zero-order valence-corrected chi connectivity index (χ0v) is 15.8. The summed E-state index contributed by atoms with van der Waals surface area (Å²) in [5.74, 6) is 0.425. The monoisotopic (exact) mass is 362 g/mol. The molecule has 0 N–H and O–H groups in total. The number of aryl methyl sites for hydroxylation is 1. The van der Waals surface area contributed by atoms with Crippen LogP contribution in [0.5, 0.6) is 5.75 Å². The fraction of sp³-hybridized carbons (Fsp3) is 0.389. The Balaban J connectivity index is 2.30. The number of aromatic nitrogens is 2. The number of carbonyl (C=O) groups is 1. The summed E-state index contributed by atoms with van der Waals surface area (Å²) in [4.78, 5) is 28.8. The molecule has 0 radical (unpaired) electrons. The molecule has 0 fully saturated rings. The molecule has 0 aliphatic heterocycles. The van der Waals surface area contributed by atoms with Gasteiger partial charge in [0.25, 0.3) is 5.56 Å². The zero-order chi connectivity index (χ0) is 18.6. The van der Waals surface area contributed by atoms with E-state index in [0.717, 1.165) is 11.3 Å². The lowest BCUT2D eigenvalue weighted by atomic mass is 10.1. The number of rotatable bonds is 6. The lowest BCUT2D eigenvalue weighted by molar-refractivity contribution is -0.139. The Bertz CT molecular complexity index is 815. The molecule has 1 atom stereocenters. The molecule has 2 rings (SSSR count). The average Bonchev–Trinajstić information content (AvgIpc) is 2.62. The van der Waals surface area contributed by atoms with Gasteiger partial charge in [0.2, 0.25) is 0 Å². The maximum absolute atomic E-state index is 12.7. The van der Waals surface area contributed by atoms with E-state index in [1.165, 1.54) is 23.4 Å². The summed E-state index contributed by atoms with van der Waals surface area (Å²) in [7, 11) is 4.62. The Morgan fingerprint density at radius 2 is 1.92 bits per heavy atom. The van der Waals surface area contributed by atoms with Crippen molar-refractivity contribution in [3.63, 3.8) is 0 Å². The van der Waals surface area contributed by atoms with E-state index >= 15 is 0 Å². The van der Waals surface area contributed by atoms with Gasteiger partial charge < -0.3 is 9.47 Å². The zero-order valence-electron chi connectivity index (χ0n) is 15.0. The Labute approximate surface area is 151 Å². The quantitative estimate of drug-likeness (QED) is 0.446. The Morgan fingerprint density at radius 1 is 1.28 bits per heavy atom. The van der Waals surface area contributed by atoms with Crippen molar-refractivity contribution in [3.05, 3.63) is 51.4 Å². The summed E-state index contributed by atoms with van der Waals surface area (Å²) >= 11 is 1.21. The second kappa shape index (κ2) is 8.20. The van der Waals surface area contributed by atoms with Crippen LogP contribution in [0.1, 0.15) is 23.7 Å². The number of nitrogens with zero attached hydrogens (tertiary/aromatic N) is 2. The van der Waals surface area contributed by atoms with Gasteiger partial charge in [-0.15, -0.1) is 0 Å². The van der Waals surface area contributed by atoms with E-state index in [-0.39, 0.29) is 11.5 Å². The van der Waals surface area contributed by atoms with Crippen molar-refractivity contribution in [2.75, 3.05) is 14.2 Å². The van der Waals surface area contributed by atoms with Crippen LogP contribution in [0.25, 0.3) is 0 Å². The first-order valence-corrected chi connectivity index (χ1v) is 8.69. The molecule has 0 aliphatic rings. The second-order valence-corrected chi connectivity index (χ2v) is 6.94. The molecule has 1 aromatic heterocycles. The highest BCUT2D eigenvalue weighted by Crippen LogP contribution is 2.22. The minimum Gasteiger partial charge on any atom is -0.497 e. The highest BCUT2D eigenvalue weighted by Gasteiger charge is 2.19. The van der Waals surface area contributed by atoms with E-state index in [0.29, 0.717) is 22.8 Å². The smallest absolute Gasteiger partial charge is 0.318 e. The van der Waals surface area contributed by atoms with Gasteiger partial charge in [-0.1, -0.05) is 23.9 Å². The van der Waals surface area contributed by atoms with Crippen LogP contribution in [0.4, 0.5) is 0 Å². The van der Waals surface area contributed by atoms with Crippen molar-refractivity contribution in [1.82, 2.24) is 9.55 Å². The van der Waals surface area contributed by atoms with E-state index in [1.807, 2.05) is 31.2 Å². The number of carbonyl (C=O) groups excluding carboxylic acids is 1. The van der Waals surface area contributed by atoms with Gasteiger partial charge in [0.05, 0.1) is 14.2 Å². The van der Waals surface area contributed by atoms with Gasteiger partial charge in [0.15, 0.2) is 5.16 Å². The molecule has 0 aliphatic carbocycles. The van der Waals surface area contributed by atoms with Crippen molar-refractivity contribution in [2.24, 2.45) is 7.05 Å². The Kier molecular flexibility index (Phi) is 6.25. The van der Waals surface area contributed by atoms with Crippen molar-refractivity contribution in [3.8, 4) is 5.75 Å². The van der Waals surface area contributed by atoms with E-state index in [2.05, 4.69) is 4.98 Å². The maximum atomic E-state index is 12.7. The van der Waals surface area contributed by atoms with Gasteiger partial charge >= 0.3 is 5.97 Å². The van der Waals surface area contributed by atoms with Crippen LogP contribution < -0.4 is 10.3 Å². The Morgan fingerprint density at radius 3 is 2.48 bits per heavy atom. The van der Waals surface area contributed by atoms with Crippen LogP contribution in [0.3, 0.4) is 0 Å². The standard InChI is InChI=1S/C18H22N2O4S/c1-11-15(10-13-6-8-14(23-4)9-7-13)16(21)20(3)18(19-11)25-12(2)17(22)24-5/h6-9,12H,10H2,1-5H3/t12-/m1/s1. The third-order valence-electron chi connectivity index (χ3n) is 3.91. The molecule has 0 saturated carbocycles. The fourth-order valence-corrected chi connectivity index (χ4v) is 3.30. The molecule has 25 heavy (non-hydrogen) atoms. The summed E-state index contributed by atoms with van der Waals surface area (Å²) in [6.45, 7) is 3.54. The molecule has 0 amide bonds. The van der Waals surface area contributed by atoms with Gasteiger partial charge in [0, 0.05) is 24.7 Å². The summed E-state index contributed by atoms with van der Waals surface area (Å²) < 4.78 is 11.4. The first kappa shape index (κ1) is 19.1. The largest absolute Gasteiger partial charge is 0.497 e. The second-order valence-electron chi connectivity index (χ2n) is 5.63. The average molecular weight is 362 g/mol. The summed E-state index contributed by atoms with van der Waals surface area (Å²) in [5.41, 5.74) is 2.20. The van der Waals surface area contributed by atoms with Gasteiger partial charge in [-0.05, 0) is 31.5 Å². The van der Waals surface area contributed by atoms with Crippen molar-refractivity contribution in [1.29, 1.82) is 0 Å². The molecule has 0 unspecified atom stereocenters. The third-order valence-corrected chi connectivity index (χ3v) is 5.03. The SMILES string of the molecule is COC(=O)[C@@H](C)Sc1nc(C)c(Cc2ccc(OC)cc2)c(=O)n1C. The predicted molar refractivity (Wildman–Crippen MR) is 97.4 cm³/mol. The number of thioether (sulfide) groups is 1. The lowest BCUT2D eigenvalue weighted by Gasteiger charge is -2.14. The maximum Gasteiger partial charge on any atom is 0.318 e. The topological polar surface area (TPSA) is 70.4 Å². The number of hydrogen-bond donors (Lipinski definition) is 0. The van der Waals surface area contributed by atoms with E-state index in [4.69, 9.17) is 9.47 Å². The molecule has 1 heterocycles. The van der Waals surface area contributed by atoms with Gasteiger partial charge in [-0.2, -0.15) is 0 Å². The number of benzene rings is 1. The molecular formula is C18H22N2O4S. The number of ether oxygens (including phenoxy) is 2. The lowest BCUT2D eigenvalue weighted by Crippen LogP contribution is -2.27. The third kappa shape index (κ3) is 4.42. The minimum absolute atomic E-state index is 0.108. The summed E-state index contributed by atoms with van der Waals surface area (Å²) in [6.07, 6.45) is 0.493. The van der Waals surface area contributed by atoms with Crippen molar-refractivity contribution >= 4 is 17.7 Å². The molecule has 2 aromatic rings. The van der Waals surface area contributed by atoms with Crippen LogP contribution in [0.2, 0.25) is 0 Å². The highest BCUT2D eigenvalue weighted by atomic mass is 32.2. The first-order valence-electron chi connectivity index (χ1n) is 7.81. The molecule has 1 aromatic carbocycles.